The van der Waals surface area contributed by atoms with Crippen LogP contribution in [0.3, 0.4) is 0 Å². The van der Waals surface area contributed by atoms with Gasteiger partial charge in [-0.3, -0.25) is 0 Å². The Hall–Kier alpha value is -0.470. The van der Waals surface area contributed by atoms with Gasteiger partial charge in [0.25, 0.3) is 0 Å². The zero-order chi connectivity index (χ0) is 10.5. The highest BCUT2D eigenvalue weighted by Gasteiger charge is 2.23. The summed E-state index contributed by atoms with van der Waals surface area (Å²) in [6, 6.07) is 11.4. The second kappa shape index (κ2) is 5.57. The van der Waals surface area contributed by atoms with Gasteiger partial charge < -0.3 is 5.32 Å². The summed E-state index contributed by atoms with van der Waals surface area (Å²) in [6.45, 7) is 3.47. The molecule has 1 saturated carbocycles. The number of nitrogens with one attached hydrogen (secondary N) is 1. The molecule has 0 unspecified atom stereocenters. The fourth-order valence-electron chi connectivity index (χ4n) is 2.02. The van der Waals surface area contributed by atoms with Crippen LogP contribution in [0.2, 0.25) is 0 Å². The first-order valence-electron chi connectivity index (χ1n) is 5.76. The molecule has 1 aliphatic carbocycles. The highest BCUT2D eigenvalue weighted by molar-refractivity contribution is 7.99. The van der Waals surface area contributed by atoms with Gasteiger partial charge >= 0.3 is 0 Å². The van der Waals surface area contributed by atoms with Crippen molar-refractivity contribution in [3.63, 3.8) is 0 Å². The van der Waals surface area contributed by atoms with E-state index >= 15 is 0 Å². The van der Waals surface area contributed by atoms with Crippen molar-refractivity contribution in [2.45, 2.75) is 30.7 Å². The average Bonchev–Trinajstić information content (AvgIpc) is 2.23. The SMILES string of the molecule is CC1CC(NCCSc2ccccc2)C1. The topological polar surface area (TPSA) is 12.0 Å². The van der Waals surface area contributed by atoms with E-state index in [1.54, 1.807) is 0 Å². The summed E-state index contributed by atoms with van der Waals surface area (Å²) in [5.74, 6) is 2.12. The maximum absolute atomic E-state index is 3.60. The first kappa shape index (κ1) is 11.0. The van der Waals surface area contributed by atoms with Gasteiger partial charge in [-0.15, -0.1) is 11.8 Å². The van der Waals surface area contributed by atoms with E-state index in [1.165, 1.54) is 23.5 Å². The molecule has 0 spiro atoms. The van der Waals surface area contributed by atoms with Gasteiger partial charge in [0, 0.05) is 23.2 Å². The van der Waals surface area contributed by atoms with E-state index in [2.05, 4.69) is 42.6 Å². The molecule has 1 N–H and O–H groups in total. The van der Waals surface area contributed by atoms with Crippen LogP contribution in [0.4, 0.5) is 0 Å². The van der Waals surface area contributed by atoms with Gasteiger partial charge in [0.1, 0.15) is 0 Å². The lowest BCUT2D eigenvalue weighted by molar-refractivity contribution is 0.246. The lowest BCUT2D eigenvalue weighted by Crippen LogP contribution is -2.40. The van der Waals surface area contributed by atoms with Crippen molar-refractivity contribution in [2.24, 2.45) is 5.92 Å². The fourth-order valence-corrected chi connectivity index (χ4v) is 2.82. The molecule has 0 aliphatic heterocycles. The molecule has 0 atom stereocenters. The average molecular weight is 221 g/mol. The number of hydrogen-bond donors (Lipinski definition) is 1. The number of rotatable bonds is 5. The van der Waals surface area contributed by atoms with Crippen LogP contribution in [0.15, 0.2) is 35.2 Å². The third-order valence-electron chi connectivity index (χ3n) is 2.92. The van der Waals surface area contributed by atoms with Gasteiger partial charge in [-0.25, -0.2) is 0 Å². The van der Waals surface area contributed by atoms with E-state index in [0.717, 1.165) is 18.5 Å². The first-order chi connectivity index (χ1) is 7.34. The summed E-state index contributed by atoms with van der Waals surface area (Å²) in [4.78, 5) is 1.38. The smallest absolute Gasteiger partial charge is 0.0106 e. The zero-order valence-electron chi connectivity index (χ0n) is 9.28. The van der Waals surface area contributed by atoms with Crippen molar-refractivity contribution in [3.05, 3.63) is 30.3 Å². The first-order valence-corrected chi connectivity index (χ1v) is 6.74. The van der Waals surface area contributed by atoms with E-state index in [9.17, 15) is 0 Å². The maximum atomic E-state index is 3.60. The number of hydrogen-bond acceptors (Lipinski definition) is 2. The molecular weight excluding hydrogens is 202 g/mol. The van der Waals surface area contributed by atoms with E-state index < -0.39 is 0 Å². The molecule has 2 rings (SSSR count). The summed E-state index contributed by atoms with van der Waals surface area (Å²) >= 11 is 1.94. The molecule has 15 heavy (non-hydrogen) atoms. The molecule has 0 bridgehead atoms. The molecule has 1 aliphatic rings. The fraction of sp³-hybridized carbons (Fsp3) is 0.538. The molecule has 0 saturated heterocycles. The highest BCUT2D eigenvalue weighted by Crippen LogP contribution is 2.26. The minimum atomic E-state index is 0.802. The van der Waals surface area contributed by atoms with Crippen LogP contribution < -0.4 is 5.32 Å². The second-order valence-corrected chi connectivity index (χ2v) is 5.56. The predicted octanol–water partition coefficient (Wildman–Crippen LogP) is 3.17. The summed E-state index contributed by atoms with van der Waals surface area (Å²) in [5.41, 5.74) is 0. The summed E-state index contributed by atoms with van der Waals surface area (Å²) in [7, 11) is 0. The maximum Gasteiger partial charge on any atom is 0.0106 e. The van der Waals surface area contributed by atoms with Crippen LogP contribution in [0, 0.1) is 5.92 Å². The zero-order valence-corrected chi connectivity index (χ0v) is 10.1. The third kappa shape index (κ3) is 3.54. The van der Waals surface area contributed by atoms with Crippen LogP contribution in [0.1, 0.15) is 19.8 Å². The highest BCUT2D eigenvalue weighted by atomic mass is 32.2. The standard InChI is InChI=1S/C13H19NS/c1-11-9-12(10-11)14-7-8-15-13-5-3-2-4-6-13/h2-6,11-12,14H,7-10H2,1H3. The Morgan fingerprint density at radius 2 is 2.00 bits per heavy atom. The minimum Gasteiger partial charge on any atom is -0.313 e. The molecular formula is C13H19NS. The Morgan fingerprint density at radius 3 is 2.67 bits per heavy atom. The van der Waals surface area contributed by atoms with E-state index in [-0.39, 0.29) is 0 Å². The van der Waals surface area contributed by atoms with Gasteiger partial charge in [0.15, 0.2) is 0 Å². The summed E-state index contributed by atoms with van der Waals surface area (Å²) in [6.07, 6.45) is 2.74. The Bertz CT molecular complexity index is 280. The van der Waals surface area contributed by atoms with Crippen LogP contribution in [0.5, 0.6) is 0 Å². The molecule has 0 radical (unpaired) electrons. The lowest BCUT2D eigenvalue weighted by Gasteiger charge is -2.33. The minimum absolute atomic E-state index is 0.802. The number of thioether (sulfide) groups is 1. The Morgan fingerprint density at radius 1 is 1.27 bits per heavy atom. The Balaban J connectivity index is 1.56. The summed E-state index contributed by atoms with van der Waals surface area (Å²) in [5, 5.41) is 3.60. The molecule has 1 aromatic rings. The quantitative estimate of drug-likeness (QED) is 0.605. The normalized spacial score (nSPS) is 24.9. The van der Waals surface area contributed by atoms with Crippen LogP contribution in [0.25, 0.3) is 0 Å². The van der Waals surface area contributed by atoms with Crippen molar-refractivity contribution < 1.29 is 0 Å². The van der Waals surface area contributed by atoms with Gasteiger partial charge in [-0.05, 0) is 30.9 Å². The molecule has 82 valence electrons. The van der Waals surface area contributed by atoms with Crippen molar-refractivity contribution >= 4 is 11.8 Å². The van der Waals surface area contributed by atoms with Gasteiger partial charge in [-0.2, -0.15) is 0 Å². The molecule has 2 heteroatoms. The van der Waals surface area contributed by atoms with Gasteiger partial charge in [0.05, 0.1) is 0 Å². The molecule has 1 aromatic carbocycles. The molecule has 1 fully saturated rings. The van der Waals surface area contributed by atoms with Crippen LogP contribution in [-0.2, 0) is 0 Å². The predicted molar refractivity (Wildman–Crippen MR) is 67.4 cm³/mol. The lowest BCUT2D eigenvalue weighted by atomic mass is 9.82. The third-order valence-corrected chi connectivity index (χ3v) is 3.93. The van der Waals surface area contributed by atoms with Crippen LogP contribution >= 0.6 is 11.8 Å². The number of benzene rings is 1. The van der Waals surface area contributed by atoms with E-state index in [0.29, 0.717) is 0 Å². The van der Waals surface area contributed by atoms with E-state index in [4.69, 9.17) is 0 Å². The molecule has 0 amide bonds. The van der Waals surface area contributed by atoms with Gasteiger partial charge in [-0.1, -0.05) is 25.1 Å². The van der Waals surface area contributed by atoms with Crippen LogP contribution in [-0.4, -0.2) is 18.3 Å². The van der Waals surface area contributed by atoms with Crippen molar-refractivity contribution in [1.82, 2.24) is 5.32 Å². The van der Waals surface area contributed by atoms with Crippen molar-refractivity contribution in [3.8, 4) is 0 Å². The monoisotopic (exact) mass is 221 g/mol. The van der Waals surface area contributed by atoms with Gasteiger partial charge in [0.2, 0.25) is 0 Å². The Labute approximate surface area is 96.7 Å². The molecule has 0 heterocycles. The molecule has 0 aromatic heterocycles. The molecule has 1 nitrogen and oxygen atoms in total. The van der Waals surface area contributed by atoms with Crippen molar-refractivity contribution in [1.29, 1.82) is 0 Å². The largest absolute Gasteiger partial charge is 0.313 e. The van der Waals surface area contributed by atoms with E-state index in [1.807, 2.05) is 11.8 Å². The second-order valence-electron chi connectivity index (χ2n) is 4.39. The van der Waals surface area contributed by atoms with Crippen molar-refractivity contribution in [2.75, 3.05) is 12.3 Å². The Kier molecular flexibility index (Phi) is 4.09. The summed E-state index contributed by atoms with van der Waals surface area (Å²) < 4.78 is 0.